The molecule has 1 atom stereocenters. The zero-order valence-corrected chi connectivity index (χ0v) is 12.7. The lowest BCUT2D eigenvalue weighted by Gasteiger charge is -2.28. The van der Waals surface area contributed by atoms with Crippen LogP contribution in [0.5, 0.6) is 0 Å². The first kappa shape index (κ1) is 12.7. The SMILES string of the molecule is CC1=CSC2C(=O)N(c3ccc4nc[nH]c4c3)C(=S)N=C12. The van der Waals surface area contributed by atoms with Crippen LogP contribution in [0.15, 0.2) is 40.5 Å². The van der Waals surface area contributed by atoms with Gasteiger partial charge in [-0.2, -0.15) is 0 Å². The predicted molar refractivity (Wildman–Crippen MR) is 88.7 cm³/mol. The number of nitrogens with one attached hydrogen (secondary N) is 1. The molecule has 4 rings (SSSR count). The Morgan fingerprint density at radius 3 is 3.14 bits per heavy atom. The molecular weight excluding hydrogens is 304 g/mol. The number of thioether (sulfide) groups is 1. The van der Waals surface area contributed by atoms with Gasteiger partial charge in [-0.1, -0.05) is 0 Å². The van der Waals surface area contributed by atoms with Gasteiger partial charge < -0.3 is 4.98 Å². The van der Waals surface area contributed by atoms with Crippen molar-refractivity contribution in [3.8, 4) is 0 Å². The first-order valence-electron chi connectivity index (χ1n) is 6.37. The number of aromatic nitrogens is 2. The van der Waals surface area contributed by atoms with Gasteiger partial charge in [-0.25, -0.2) is 9.98 Å². The number of hydrogen-bond acceptors (Lipinski definition) is 4. The minimum atomic E-state index is -0.283. The Bertz CT molecular complexity index is 852. The fraction of sp³-hybridized carbons (Fsp3) is 0.143. The number of rotatable bonds is 1. The van der Waals surface area contributed by atoms with E-state index in [0.717, 1.165) is 28.0 Å². The number of carbonyl (C=O) groups is 1. The van der Waals surface area contributed by atoms with Gasteiger partial charge >= 0.3 is 0 Å². The number of benzene rings is 1. The van der Waals surface area contributed by atoms with Crippen molar-refractivity contribution in [1.82, 2.24) is 9.97 Å². The van der Waals surface area contributed by atoms with Crippen molar-refractivity contribution in [3.63, 3.8) is 0 Å². The van der Waals surface area contributed by atoms with Crippen LogP contribution < -0.4 is 4.90 Å². The van der Waals surface area contributed by atoms with E-state index in [2.05, 4.69) is 15.0 Å². The van der Waals surface area contributed by atoms with E-state index in [1.807, 2.05) is 30.5 Å². The maximum atomic E-state index is 12.7. The van der Waals surface area contributed by atoms with Crippen LogP contribution in [0.4, 0.5) is 5.69 Å². The van der Waals surface area contributed by atoms with Crippen molar-refractivity contribution in [3.05, 3.63) is 35.5 Å². The van der Waals surface area contributed by atoms with E-state index < -0.39 is 0 Å². The van der Waals surface area contributed by atoms with Crippen LogP contribution >= 0.6 is 24.0 Å². The highest BCUT2D eigenvalue weighted by Gasteiger charge is 2.39. The summed E-state index contributed by atoms with van der Waals surface area (Å²) in [6.07, 6.45) is 1.63. The molecule has 0 spiro atoms. The molecule has 0 bridgehead atoms. The van der Waals surface area contributed by atoms with Crippen molar-refractivity contribution in [2.75, 3.05) is 4.90 Å². The minimum Gasteiger partial charge on any atom is -0.345 e. The molecule has 0 saturated carbocycles. The average molecular weight is 314 g/mol. The van der Waals surface area contributed by atoms with E-state index in [4.69, 9.17) is 12.2 Å². The molecule has 5 nitrogen and oxygen atoms in total. The Hall–Kier alpha value is -1.99. The molecular formula is C14H10N4OS2. The fourth-order valence-electron chi connectivity index (χ4n) is 2.49. The van der Waals surface area contributed by atoms with E-state index in [0.29, 0.717) is 5.11 Å². The normalized spacial score (nSPS) is 21.6. The number of hydrogen-bond donors (Lipinski definition) is 1. The van der Waals surface area contributed by atoms with E-state index in [1.54, 1.807) is 6.33 Å². The summed E-state index contributed by atoms with van der Waals surface area (Å²) in [7, 11) is 0. The summed E-state index contributed by atoms with van der Waals surface area (Å²) >= 11 is 6.81. The number of amides is 1. The third-order valence-electron chi connectivity index (χ3n) is 3.55. The zero-order valence-electron chi connectivity index (χ0n) is 11.0. The molecule has 7 heteroatoms. The number of thiocarbonyl (C=S) groups is 1. The van der Waals surface area contributed by atoms with Crippen molar-refractivity contribution >= 4 is 57.4 Å². The molecule has 1 amide bonds. The van der Waals surface area contributed by atoms with E-state index in [1.165, 1.54) is 16.7 Å². The molecule has 1 aromatic carbocycles. The number of allylic oxidation sites excluding steroid dienone is 1. The number of aromatic amines is 1. The molecule has 21 heavy (non-hydrogen) atoms. The number of aliphatic imine (C=N–C) groups is 1. The van der Waals surface area contributed by atoms with E-state index >= 15 is 0 Å². The molecule has 3 heterocycles. The number of fused-ring (bicyclic) bond motifs is 2. The number of H-pyrrole nitrogens is 1. The summed E-state index contributed by atoms with van der Waals surface area (Å²) in [5, 5.41) is 1.97. The monoisotopic (exact) mass is 314 g/mol. The predicted octanol–water partition coefficient (Wildman–Crippen LogP) is 2.65. The topological polar surface area (TPSA) is 61.4 Å². The molecule has 1 N–H and O–H groups in total. The second-order valence-electron chi connectivity index (χ2n) is 4.87. The molecule has 0 radical (unpaired) electrons. The first-order chi connectivity index (χ1) is 10.1. The lowest BCUT2D eigenvalue weighted by Crippen LogP contribution is -2.47. The van der Waals surface area contributed by atoms with Crippen LogP contribution in [0.1, 0.15) is 6.92 Å². The van der Waals surface area contributed by atoms with E-state index in [-0.39, 0.29) is 11.2 Å². The summed E-state index contributed by atoms with van der Waals surface area (Å²) in [6, 6.07) is 5.57. The molecule has 2 aliphatic rings. The molecule has 1 unspecified atom stereocenters. The van der Waals surface area contributed by atoms with Gasteiger partial charge in [0.1, 0.15) is 5.25 Å². The lowest BCUT2D eigenvalue weighted by atomic mass is 10.1. The van der Waals surface area contributed by atoms with Crippen LogP contribution in [0.2, 0.25) is 0 Å². The van der Waals surface area contributed by atoms with Crippen LogP contribution in [0.25, 0.3) is 11.0 Å². The molecule has 2 aliphatic heterocycles. The van der Waals surface area contributed by atoms with Crippen LogP contribution in [-0.2, 0) is 4.79 Å². The highest BCUT2D eigenvalue weighted by molar-refractivity contribution is 8.04. The molecule has 104 valence electrons. The molecule has 0 saturated heterocycles. The third-order valence-corrected chi connectivity index (χ3v) is 5.01. The zero-order chi connectivity index (χ0) is 14.6. The maximum absolute atomic E-state index is 12.7. The van der Waals surface area contributed by atoms with Crippen LogP contribution in [0, 0.1) is 0 Å². The Labute approximate surface area is 130 Å². The van der Waals surface area contributed by atoms with Gasteiger partial charge in [-0.3, -0.25) is 9.69 Å². The largest absolute Gasteiger partial charge is 0.345 e. The van der Waals surface area contributed by atoms with Crippen molar-refractivity contribution in [2.45, 2.75) is 12.2 Å². The highest BCUT2D eigenvalue weighted by Crippen LogP contribution is 2.34. The second-order valence-corrected chi connectivity index (χ2v) is 6.22. The van der Waals surface area contributed by atoms with E-state index in [9.17, 15) is 4.79 Å². The van der Waals surface area contributed by atoms with Crippen molar-refractivity contribution in [2.24, 2.45) is 4.99 Å². The minimum absolute atomic E-state index is 0.0398. The van der Waals surface area contributed by atoms with Crippen LogP contribution in [0.3, 0.4) is 0 Å². The second kappa shape index (κ2) is 4.51. The van der Waals surface area contributed by atoms with Gasteiger partial charge in [0.25, 0.3) is 5.91 Å². The highest BCUT2D eigenvalue weighted by atomic mass is 32.2. The molecule has 2 aromatic rings. The quantitative estimate of drug-likeness (QED) is 0.822. The smallest absolute Gasteiger partial charge is 0.252 e. The lowest BCUT2D eigenvalue weighted by molar-refractivity contribution is -0.116. The van der Waals surface area contributed by atoms with Gasteiger partial charge in [-0.15, -0.1) is 11.8 Å². The van der Waals surface area contributed by atoms with Gasteiger partial charge in [-0.05, 0) is 48.3 Å². The number of imidazole rings is 1. The summed E-state index contributed by atoms with van der Waals surface area (Å²) in [4.78, 5) is 25.9. The van der Waals surface area contributed by atoms with Crippen molar-refractivity contribution in [1.29, 1.82) is 0 Å². The standard InChI is InChI=1S/C14H10N4OS2/c1-7-5-21-12-11(7)17-14(20)18(13(12)19)8-2-3-9-10(4-8)16-6-15-9/h2-6,12H,1H3,(H,15,16). The summed E-state index contributed by atoms with van der Waals surface area (Å²) in [5.41, 5.74) is 4.24. The summed E-state index contributed by atoms with van der Waals surface area (Å²) in [5.74, 6) is -0.0398. The Balaban J connectivity index is 1.80. The van der Waals surface area contributed by atoms with Crippen LogP contribution in [-0.4, -0.2) is 31.9 Å². The molecule has 0 aliphatic carbocycles. The average Bonchev–Trinajstić information content (AvgIpc) is 3.06. The Kier molecular flexibility index (Phi) is 2.73. The summed E-state index contributed by atoms with van der Waals surface area (Å²) < 4.78 is 0. The number of anilines is 1. The maximum Gasteiger partial charge on any atom is 0.252 e. The third kappa shape index (κ3) is 1.85. The Morgan fingerprint density at radius 2 is 2.29 bits per heavy atom. The van der Waals surface area contributed by atoms with Gasteiger partial charge in [0, 0.05) is 0 Å². The fourth-order valence-corrected chi connectivity index (χ4v) is 3.83. The van der Waals surface area contributed by atoms with Gasteiger partial charge in [0.2, 0.25) is 5.11 Å². The first-order valence-corrected chi connectivity index (χ1v) is 7.72. The van der Waals surface area contributed by atoms with Crippen molar-refractivity contribution < 1.29 is 4.79 Å². The number of carbonyl (C=O) groups excluding carboxylic acids is 1. The van der Waals surface area contributed by atoms with Gasteiger partial charge in [0.05, 0.1) is 28.8 Å². The number of nitrogens with zero attached hydrogens (tertiary/aromatic N) is 3. The summed E-state index contributed by atoms with van der Waals surface area (Å²) in [6.45, 7) is 1.95. The van der Waals surface area contributed by atoms with Gasteiger partial charge in [0.15, 0.2) is 0 Å². The molecule has 0 fully saturated rings. The Morgan fingerprint density at radius 1 is 1.43 bits per heavy atom. The molecule has 1 aromatic heterocycles.